The molecular weight excluding hydrogens is 266 g/mol. The van der Waals surface area contributed by atoms with E-state index in [2.05, 4.69) is 0 Å². The van der Waals surface area contributed by atoms with Crippen LogP contribution in [-0.4, -0.2) is 19.2 Å². The number of nitrogens with zero attached hydrogens (tertiary/aromatic N) is 1. The number of carbonyl (C=O) groups excluding carboxylic acids is 1. The van der Waals surface area contributed by atoms with E-state index in [0.717, 1.165) is 11.3 Å². The number of ether oxygens (including phenoxy) is 2. The average molecular weight is 283 g/mol. The van der Waals surface area contributed by atoms with E-state index in [1.54, 1.807) is 11.0 Å². The van der Waals surface area contributed by atoms with Crippen molar-refractivity contribution in [3.05, 3.63) is 53.6 Å². The zero-order chi connectivity index (χ0) is 14.8. The summed E-state index contributed by atoms with van der Waals surface area (Å²) in [5, 5.41) is 0. The molecule has 3 rings (SSSR count). The quantitative estimate of drug-likeness (QED) is 0.866. The number of hydrogen-bond donors (Lipinski definition) is 0. The number of anilines is 1. The van der Waals surface area contributed by atoms with E-state index in [4.69, 9.17) is 9.47 Å². The summed E-state index contributed by atoms with van der Waals surface area (Å²) in [5.41, 5.74) is 2.55. The van der Waals surface area contributed by atoms with Crippen molar-refractivity contribution in [2.45, 2.75) is 13.8 Å². The van der Waals surface area contributed by atoms with Gasteiger partial charge < -0.3 is 14.4 Å². The molecule has 0 N–H and O–H groups in total. The molecule has 1 amide bonds. The fraction of sp³-hybridized carbons (Fsp3) is 0.235. The molecule has 0 aliphatic carbocycles. The van der Waals surface area contributed by atoms with E-state index in [0.29, 0.717) is 23.6 Å². The number of benzene rings is 2. The van der Waals surface area contributed by atoms with Crippen LogP contribution in [0.2, 0.25) is 0 Å². The Bertz CT molecular complexity index is 681. The van der Waals surface area contributed by atoms with E-state index >= 15 is 0 Å². The highest BCUT2D eigenvalue weighted by Crippen LogP contribution is 2.36. The summed E-state index contributed by atoms with van der Waals surface area (Å²) >= 11 is 0. The monoisotopic (exact) mass is 283 g/mol. The molecule has 0 saturated carbocycles. The van der Waals surface area contributed by atoms with Crippen molar-refractivity contribution in [3.63, 3.8) is 0 Å². The Morgan fingerprint density at radius 2 is 2.00 bits per heavy atom. The average Bonchev–Trinajstić information content (AvgIpc) is 2.96. The van der Waals surface area contributed by atoms with E-state index < -0.39 is 0 Å². The highest BCUT2D eigenvalue weighted by Gasteiger charge is 2.25. The fourth-order valence-electron chi connectivity index (χ4n) is 2.48. The molecule has 4 heteroatoms. The van der Waals surface area contributed by atoms with Crippen molar-refractivity contribution in [1.29, 1.82) is 0 Å². The number of hydrogen-bond acceptors (Lipinski definition) is 3. The first-order chi connectivity index (χ1) is 10.2. The van der Waals surface area contributed by atoms with Gasteiger partial charge in [-0.2, -0.15) is 0 Å². The van der Waals surface area contributed by atoms with Crippen LogP contribution in [0.1, 0.15) is 22.8 Å². The van der Waals surface area contributed by atoms with Crippen LogP contribution < -0.4 is 14.4 Å². The molecule has 0 bridgehead atoms. The fourth-order valence-corrected chi connectivity index (χ4v) is 2.48. The third kappa shape index (κ3) is 2.44. The third-order valence-corrected chi connectivity index (χ3v) is 3.50. The molecule has 108 valence electrons. The second kappa shape index (κ2) is 5.48. The zero-order valence-electron chi connectivity index (χ0n) is 12.1. The van der Waals surface area contributed by atoms with Crippen LogP contribution in [0.5, 0.6) is 11.5 Å². The van der Waals surface area contributed by atoms with Gasteiger partial charge in [0.05, 0.1) is 5.56 Å². The second-order valence-electron chi connectivity index (χ2n) is 4.93. The van der Waals surface area contributed by atoms with Gasteiger partial charge in [-0.1, -0.05) is 18.2 Å². The molecule has 4 nitrogen and oxygen atoms in total. The minimum Gasteiger partial charge on any atom is -0.454 e. The summed E-state index contributed by atoms with van der Waals surface area (Å²) < 4.78 is 10.8. The van der Waals surface area contributed by atoms with Gasteiger partial charge in [-0.3, -0.25) is 4.79 Å². The Hall–Kier alpha value is -2.49. The van der Waals surface area contributed by atoms with Crippen molar-refractivity contribution in [3.8, 4) is 11.5 Å². The lowest BCUT2D eigenvalue weighted by molar-refractivity contribution is 0.0983. The molecule has 1 aliphatic rings. The van der Waals surface area contributed by atoms with Crippen LogP contribution in [0.3, 0.4) is 0 Å². The first kappa shape index (κ1) is 13.5. The molecule has 0 saturated heterocycles. The largest absolute Gasteiger partial charge is 0.454 e. The summed E-state index contributed by atoms with van der Waals surface area (Å²) in [6.45, 7) is 4.72. The molecular formula is C17H17NO3. The predicted octanol–water partition coefficient (Wildman–Crippen LogP) is 3.39. The van der Waals surface area contributed by atoms with Gasteiger partial charge in [-0.05, 0) is 43.7 Å². The normalized spacial score (nSPS) is 12.3. The predicted molar refractivity (Wildman–Crippen MR) is 81.1 cm³/mol. The minimum absolute atomic E-state index is 0.0783. The first-order valence-electron chi connectivity index (χ1n) is 6.98. The molecule has 0 atom stereocenters. The molecule has 0 radical (unpaired) electrons. The van der Waals surface area contributed by atoms with Crippen LogP contribution in [-0.2, 0) is 0 Å². The Morgan fingerprint density at radius 3 is 2.76 bits per heavy atom. The topological polar surface area (TPSA) is 38.8 Å². The van der Waals surface area contributed by atoms with Gasteiger partial charge in [0.2, 0.25) is 6.79 Å². The molecule has 1 heterocycles. The van der Waals surface area contributed by atoms with Crippen LogP contribution >= 0.6 is 0 Å². The van der Waals surface area contributed by atoms with Crippen LogP contribution in [0.25, 0.3) is 0 Å². The summed E-state index contributed by atoms with van der Waals surface area (Å²) in [6.07, 6.45) is 0. The first-order valence-corrected chi connectivity index (χ1v) is 6.98. The van der Waals surface area contributed by atoms with Gasteiger partial charge in [-0.25, -0.2) is 0 Å². The molecule has 21 heavy (non-hydrogen) atoms. The number of fused-ring (bicyclic) bond motifs is 1. The van der Waals surface area contributed by atoms with Crippen LogP contribution in [0.4, 0.5) is 5.69 Å². The summed E-state index contributed by atoms with van der Waals surface area (Å²) in [5.74, 6) is 1.08. The third-order valence-electron chi connectivity index (χ3n) is 3.50. The summed E-state index contributed by atoms with van der Waals surface area (Å²) in [4.78, 5) is 14.6. The van der Waals surface area contributed by atoms with Crippen molar-refractivity contribution >= 4 is 11.6 Å². The summed E-state index contributed by atoms with van der Waals surface area (Å²) in [6, 6.07) is 13.3. The minimum atomic E-state index is -0.0783. The summed E-state index contributed by atoms with van der Waals surface area (Å²) in [7, 11) is 0. The second-order valence-corrected chi connectivity index (χ2v) is 4.93. The Kier molecular flexibility index (Phi) is 3.52. The van der Waals surface area contributed by atoms with Crippen LogP contribution in [0, 0.1) is 6.92 Å². The lowest BCUT2D eigenvalue weighted by atomic mass is 10.1. The lowest BCUT2D eigenvalue weighted by Gasteiger charge is -2.22. The van der Waals surface area contributed by atoms with Crippen molar-refractivity contribution in [1.82, 2.24) is 0 Å². The Labute approximate surface area is 123 Å². The molecule has 2 aromatic rings. The van der Waals surface area contributed by atoms with E-state index in [-0.39, 0.29) is 12.7 Å². The Balaban J connectivity index is 1.99. The van der Waals surface area contributed by atoms with Gasteiger partial charge >= 0.3 is 0 Å². The smallest absolute Gasteiger partial charge is 0.262 e. The Morgan fingerprint density at radius 1 is 1.19 bits per heavy atom. The maximum Gasteiger partial charge on any atom is 0.262 e. The maximum absolute atomic E-state index is 12.8. The van der Waals surface area contributed by atoms with Gasteiger partial charge in [0, 0.05) is 12.2 Å². The highest BCUT2D eigenvalue weighted by atomic mass is 16.7. The van der Waals surface area contributed by atoms with E-state index in [9.17, 15) is 4.79 Å². The zero-order valence-corrected chi connectivity index (χ0v) is 12.1. The number of aryl methyl sites for hydroxylation is 1. The molecule has 1 aliphatic heterocycles. The SMILES string of the molecule is CCN(C(=O)c1cccc2c1OCO2)c1cccc(C)c1. The number of amides is 1. The van der Waals surface area contributed by atoms with Crippen molar-refractivity contribution in [2.75, 3.05) is 18.2 Å². The van der Waals surface area contributed by atoms with Gasteiger partial charge in [0.1, 0.15) is 0 Å². The van der Waals surface area contributed by atoms with Gasteiger partial charge in [0.25, 0.3) is 5.91 Å². The number of rotatable bonds is 3. The number of carbonyl (C=O) groups is 1. The number of para-hydroxylation sites is 1. The highest BCUT2D eigenvalue weighted by molar-refractivity contribution is 6.08. The van der Waals surface area contributed by atoms with Crippen molar-refractivity contribution < 1.29 is 14.3 Å². The van der Waals surface area contributed by atoms with Crippen LogP contribution in [0.15, 0.2) is 42.5 Å². The molecule has 0 unspecified atom stereocenters. The molecule has 0 aromatic heterocycles. The molecule has 2 aromatic carbocycles. The standard InChI is InChI=1S/C17H17NO3/c1-3-18(13-7-4-6-12(2)10-13)17(19)14-8-5-9-15-16(14)21-11-20-15/h4-10H,3,11H2,1-2H3. The molecule has 0 spiro atoms. The maximum atomic E-state index is 12.8. The van der Waals surface area contributed by atoms with Gasteiger partial charge in [0.15, 0.2) is 11.5 Å². The van der Waals surface area contributed by atoms with E-state index in [1.807, 2.05) is 50.2 Å². The van der Waals surface area contributed by atoms with E-state index in [1.165, 1.54) is 0 Å². The lowest BCUT2D eigenvalue weighted by Crippen LogP contribution is -2.30. The van der Waals surface area contributed by atoms with Gasteiger partial charge in [-0.15, -0.1) is 0 Å². The molecule has 0 fully saturated rings. The van der Waals surface area contributed by atoms with Crippen molar-refractivity contribution in [2.24, 2.45) is 0 Å².